The molecule has 0 spiro atoms. The molecule has 0 aromatic carbocycles. The molecule has 52 valence electrons. The molecule has 0 radical (unpaired) electrons. The summed E-state index contributed by atoms with van der Waals surface area (Å²) in [5.41, 5.74) is 7.08. The Bertz CT molecular complexity index is 254. The minimum absolute atomic E-state index is 0.00153. The fraction of sp³-hybridized carbons (Fsp3) is 0.286. The average molecular weight is 135 g/mol. The summed E-state index contributed by atoms with van der Waals surface area (Å²) in [5.74, 6) is 0. The number of rotatable bonds is 1. The molecule has 1 aromatic heterocycles. The van der Waals surface area contributed by atoms with Gasteiger partial charge in [0, 0.05) is 12.2 Å². The molecule has 0 aliphatic rings. The van der Waals surface area contributed by atoms with Gasteiger partial charge in [0.1, 0.15) is 11.8 Å². The van der Waals surface area contributed by atoms with E-state index in [4.69, 9.17) is 11.0 Å². The van der Waals surface area contributed by atoms with Crippen LogP contribution >= 0.6 is 0 Å². The first-order chi connectivity index (χ1) is 4.74. The lowest BCUT2D eigenvalue weighted by Gasteiger charge is -1.96. The van der Waals surface area contributed by atoms with Crippen LogP contribution in [-0.2, 0) is 0 Å². The van der Waals surface area contributed by atoms with Crippen LogP contribution in [-0.4, -0.2) is 4.98 Å². The first-order valence-corrected chi connectivity index (χ1v) is 3.08. The number of nitriles is 1. The summed E-state index contributed by atoms with van der Waals surface area (Å²) < 4.78 is 0. The van der Waals surface area contributed by atoms with E-state index in [1.54, 1.807) is 12.3 Å². The van der Waals surface area contributed by atoms with Crippen LogP contribution in [0.3, 0.4) is 0 Å². The van der Waals surface area contributed by atoms with Crippen molar-refractivity contribution in [1.29, 1.82) is 5.26 Å². The first-order valence-electron chi connectivity index (χ1n) is 3.08. The predicted octanol–water partition coefficient (Wildman–Crippen LogP) is 0.906. The van der Waals surface area contributed by atoms with Crippen molar-refractivity contribution in [1.82, 2.24) is 4.98 Å². The van der Waals surface area contributed by atoms with Crippen LogP contribution in [0.5, 0.6) is 0 Å². The molecule has 1 aromatic rings. The third-order valence-corrected chi connectivity index (χ3v) is 1.35. The third-order valence-electron chi connectivity index (χ3n) is 1.35. The molecule has 3 heteroatoms. The third kappa shape index (κ3) is 1.17. The lowest BCUT2D eigenvalue weighted by atomic mass is 10.2. The highest BCUT2D eigenvalue weighted by Crippen LogP contribution is 2.09. The second-order valence-electron chi connectivity index (χ2n) is 2.25. The number of H-pyrrole nitrogens is 1. The fourth-order valence-electron chi connectivity index (χ4n) is 0.739. The number of nitrogens with two attached hydrogens (primary N) is 1. The highest BCUT2D eigenvalue weighted by Gasteiger charge is 2.00. The largest absolute Gasteiger partial charge is 0.353 e. The molecule has 1 unspecified atom stereocenters. The monoisotopic (exact) mass is 135 g/mol. The van der Waals surface area contributed by atoms with E-state index >= 15 is 0 Å². The molecule has 0 bridgehead atoms. The zero-order chi connectivity index (χ0) is 7.56. The van der Waals surface area contributed by atoms with Gasteiger partial charge in [-0.3, -0.25) is 0 Å². The van der Waals surface area contributed by atoms with Gasteiger partial charge in [0.2, 0.25) is 0 Å². The Hall–Kier alpha value is -1.27. The summed E-state index contributed by atoms with van der Waals surface area (Å²) in [7, 11) is 0. The van der Waals surface area contributed by atoms with E-state index < -0.39 is 0 Å². The van der Waals surface area contributed by atoms with E-state index in [2.05, 4.69) is 4.98 Å². The van der Waals surface area contributed by atoms with Crippen molar-refractivity contribution >= 4 is 0 Å². The Labute approximate surface area is 59.5 Å². The minimum Gasteiger partial charge on any atom is -0.353 e. The number of nitrogens with one attached hydrogen (secondary N) is 1. The van der Waals surface area contributed by atoms with Gasteiger partial charge in [-0.2, -0.15) is 5.26 Å². The molecule has 10 heavy (non-hydrogen) atoms. The van der Waals surface area contributed by atoms with E-state index in [-0.39, 0.29) is 6.04 Å². The van der Waals surface area contributed by atoms with Crippen LogP contribution < -0.4 is 5.73 Å². The number of hydrogen-bond acceptors (Lipinski definition) is 2. The fourth-order valence-corrected chi connectivity index (χ4v) is 0.739. The van der Waals surface area contributed by atoms with Crippen molar-refractivity contribution in [3.05, 3.63) is 23.5 Å². The standard InChI is InChI=1S/C7H9N3/c1-5(9)6-2-7(3-8)10-4-6/h2,4-5,10H,9H2,1H3. The summed E-state index contributed by atoms with van der Waals surface area (Å²) in [6, 6.07) is 3.74. The topological polar surface area (TPSA) is 65.6 Å². The number of aromatic nitrogens is 1. The van der Waals surface area contributed by atoms with E-state index in [0.717, 1.165) is 5.56 Å². The average Bonchev–Trinajstić information content (AvgIpc) is 2.34. The zero-order valence-electron chi connectivity index (χ0n) is 5.76. The molecule has 0 amide bonds. The molecule has 1 heterocycles. The van der Waals surface area contributed by atoms with Crippen LogP contribution in [0.15, 0.2) is 12.3 Å². The number of nitrogens with zero attached hydrogens (tertiary/aromatic N) is 1. The lowest BCUT2D eigenvalue weighted by Crippen LogP contribution is -2.02. The van der Waals surface area contributed by atoms with Crippen LogP contribution in [0, 0.1) is 11.3 Å². The van der Waals surface area contributed by atoms with Crippen LogP contribution in [0.4, 0.5) is 0 Å². The smallest absolute Gasteiger partial charge is 0.117 e. The SMILES string of the molecule is CC(N)c1c[nH]c(C#N)c1. The van der Waals surface area contributed by atoms with Gasteiger partial charge in [-0.15, -0.1) is 0 Å². The Morgan fingerprint density at radius 1 is 1.80 bits per heavy atom. The van der Waals surface area contributed by atoms with Gasteiger partial charge in [0.15, 0.2) is 0 Å². The van der Waals surface area contributed by atoms with Gasteiger partial charge < -0.3 is 10.7 Å². The van der Waals surface area contributed by atoms with Crippen LogP contribution in [0.1, 0.15) is 24.2 Å². The summed E-state index contributed by atoms with van der Waals surface area (Å²) >= 11 is 0. The van der Waals surface area contributed by atoms with E-state index in [9.17, 15) is 0 Å². The summed E-state index contributed by atoms with van der Waals surface area (Å²) in [4.78, 5) is 2.80. The number of aromatic amines is 1. The maximum Gasteiger partial charge on any atom is 0.117 e. The quantitative estimate of drug-likeness (QED) is 0.601. The molecule has 1 rings (SSSR count). The van der Waals surface area contributed by atoms with E-state index in [1.165, 1.54) is 0 Å². The van der Waals surface area contributed by atoms with Gasteiger partial charge in [-0.05, 0) is 18.6 Å². The zero-order valence-corrected chi connectivity index (χ0v) is 5.76. The first kappa shape index (κ1) is 6.84. The molecule has 0 aliphatic carbocycles. The lowest BCUT2D eigenvalue weighted by molar-refractivity contribution is 0.820. The highest BCUT2D eigenvalue weighted by atomic mass is 14.7. The second-order valence-corrected chi connectivity index (χ2v) is 2.25. The molecule has 1 atom stereocenters. The Kier molecular flexibility index (Phi) is 1.74. The van der Waals surface area contributed by atoms with Crippen molar-refractivity contribution in [2.75, 3.05) is 0 Å². The second kappa shape index (κ2) is 2.54. The predicted molar refractivity (Wildman–Crippen MR) is 38.1 cm³/mol. The van der Waals surface area contributed by atoms with Gasteiger partial charge in [-0.25, -0.2) is 0 Å². The van der Waals surface area contributed by atoms with Gasteiger partial charge in [0.05, 0.1) is 0 Å². The Morgan fingerprint density at radius 3 is 2.80 bits per heavy atom. The highest BCUT2D eigenvalue weighted by molar-refractivity contribution is 5.27. The van der Waals surface area contributed by atoms with Gasteiger partial charge >= 0.3 is 0 Å². The molecule has 0 aliphatic heterocycles. The Morgan fingerprint density at radius 2 is 2.50 bits per heavy atom. The van der Waals surface area contributed by atoms with Crippen molar-refractivity contribution in [2.45, 2.75) is 13.0 Å². The minimum atomic E-state index is -0.00153. The van der Waals surface area contributed by atoms with Crippen molar-refractivity contribution in [2.24, 2.45) is 5.73 Å². The summed E-state index contributed by atoms with van der Waals surface area (Å²) in [6.07, 6.45) is 1.75. The van der Waals surface area contributed by atoms with Crippen molar-refractivity contribution in [3.63, 3.8) is 0 Å². The van der Waals surface area contributed by atoms with Crippen molar-refractivity contribution in [3.8, 4) is 6.07 Å². The van der Waals surface area contributed by atoms with E-state index in [1.807, 2.05) is 13.0 Å². The molecule has 0 saturated heterocycles. The number of hydrogen-bond donors (Lipinski definition) is 2. The van der Waals surface area contributed by atoms with Gasteiger partial charge in [0.25, 0.3) is 0 Å². The van der Waals surface area contributed by atoms with Crippen LogP contribution in [0.2, 0.25) is 0 Å². The normalized spacial score (nSPS) is 12.5. The van der Waals surface area contributed by atoms with Crippen LogP contribution in [0.25, 0.3) is 0 Å². The molecule has 0 saturated carbocycles. The summed E-state index contributed by atoms with van der Waals surface area (Å²) in [6.45, 7) is 1.88. The molecule has 0 fully saturated rings. The Balaban J connectivity index is 2.91. The van der Waals surface area contributed by atoms with Gasteiger partial charge in [-0.1, -0.05) is 0 Å². The van der Waals surface area contributed by atoms with E-state index in [0.29, 0.717) is 5.69 Å². The maximum absolute atomic E-state index is 8.41. The molecular formula is C7H9N3. The molecular weight excluding hydrogens is 126 g/mol. The maximum atomic E-state index is 8.41. The summed E-state index contributed by atoms with van der Waals surface area (Å²) in [5, 5.41) is 8.41. The molecule has 3 N–H and O–H groups in total. The molecule has 3 nitrogen and oxygen atoms in total. The van der Waals surface area contributed by atoms with Crippen molar-refractivity contribution < 1.29 is 0 Å².